The third kappa shape index (κ3) is 2.79. The Labute approximate surface area is 103 Å². The maximum Gasteiger partial charge on any atom is 0.115 e. The molecule has 0 spiro atoms. The highest BCUT2D eigenvalue weighted by molar-refractivity contribution is 5.30. The van der Waals surface area contributed by atoms with Gasteiger partial charge in [-0.1, -0.05) is 19.1 Å². The topological polar surface area (TPSA) is 32.7 Å². The Bertz CT molecular complexity index is 361. The number of rotatable bonds is 3. The molecule has 1 aliphatic rings. The molecular formula is C14H21NO2. The van der Waals surface area contributed by atoms with Crippen LogP contribution in [0.15, 0.2) is 24.3 Å². The summed E-state index contributed by atoms with van der Waals surface area (Å²) in [5.74, 6) is 0.304. The summed E-state index contributed by atoms with van der Waals surface area (Å²) in [7, 11) is 0. The summed E-state index contributed by atoms with van der Waals surface area (Å²) in [6, 6.07) is 7.35. The molecule has 3 heteroatoms. The van der Waals surface area contributed by atoms with E-state index in [1.165, 1.54) is 6.42 Å². The molecule has 0 aliphatic carbocycles. The van der Waals surface area contributed by atoms with Crippen molar-refractivity contribution in [2.24, 2.45) is 0 Å². The van der Waals surface area contributed by atoms with Crippen molar-refractivity contribution < 1.29 is 9.84 Å². The summed E-state index contributed by atoms with van der Waals surface area (Å²) in [6.07, 6.45) is 1.17. The van der Waals surface area contributed by atoms with Crippen molar-refractivity contribution in [1.82, 2.24) is 4.90 Å². The van der Waals surface area contributed by atoms with Crippen molar-refractivity contribution >= 4 is 0 Å². The van der Waals surface area contributed by atoms with Gasteiger partial charge in [0.1, 0.15) is 11.4 Å². The number of hydrogen-bond acceptors (Lipinski definition) is 3. The zero-order chi connectivity index (χ0) is 12.3. The van der Waals surface area contributed by atoms with Crippen molar-refractivity contribution in [2.45, 2.75) is 25.9 Å². The predicted molar refractivity (Wildman–Crippen MR) is 68.1 cm³/mol. The van der Waals surface area contributed by atoms with Crippen LogP contribution in [0.1, 0.15) is 25.8 Å². The van der Waals surface area contributed by atoms with Gasteiger partial charge in [-0.2, -0.15) is 0 Å². The van der Waals surface area contributed by atoms with Gasteiger partial charge in [0, 0.05) is 13.1 Å². The van der Waals surface area contributed by atoms with E-state index in [0.29, 0.717) is 5.75 Å². The Hall–Kier alpha value is -1.06. The average molecular weight is 235 g/mol. The fraction of sp³-hybridized carbons (Fsp3) is 0.571. The highest BCUT2D eigenvalue weighted by Crippen LogP contribution is 2.30. The molecule has 2 rings (SSSR count). The van der Waals surface area contributed by atoms with Gasteiger partial charge < -0.3 is 9.84 Å². The molecule has 0 bridgehead atoms. The van der Waals surface area contributed by atoms with Crippen LogP contribution in [0.2, 0.25) is 0 Å². The van der Waals surface area contributed by atoms with Gasteiger partial charge in [-0.3, -0.25) is 4.90 Å². The molecule has 0 saturated carbocycles. The lowest BCUT2D eigenvalue weighted by molar-refractivity contribution is -0.103. The largest absolute Gasteiger partial charge is 0.508 e. The second-order valence-corrected chi connectivity index (χ2v) is 4.90. The first-order valence-corrected chi connectivity index (χ1v) is 6.30. The SMILES string of the molecule is CCCN1CCOC(C)(c2ccc(O)cc2)C1. The molecule has 1 N–H and O–H groups in total. The molecule has 3 nitrogen and oxygen atoms in total. The van der Waals surface area contributed by atoms with Crippen LogP contribution in [0.5, 0.6) is 5.75 Å². The Morgan fingerprint density at radius 1 is 1.35 bits per heavy atom. The van der Waals surface area contributed by atoms with E-state index in [9.17, 15) is 5.11 Å². The number of nitrogens with zero attached hydrogens (tertiary/aromatic N) is 1. The molecule has 1 saturated heterocycles. The van der Waals surface area contributed by atoms with Crippen molar-refractivity contribution in [3.63, 3.8) is 0 Å². The molecule has 1 aliphatic heterocycles. The van der Waals surface area contributed by atoms with Gasteiger partial charge in [0.2, 0.25) is 0 Å². The van der Waals surface area contributed by atoms with E-state index in [1.807, 2.05) is 12.1 Å². The standard InChI is InChI=1S/C14H21NO2/c1-3-8-15-9-10-17-14(2,11-15)12-4-6-13(16)7-5-12/h4-7,16H,3,8-11H2,1-2H3. The summed E-state index contributed by atoms with van der Waals surface area (Å²) < 4.78 is 5.94. The van der Waals surface area contributed by atoms with Gasteiger partial charge in [0.15, 0.2) is 0 Å². The maximum atomic E-state index is 9.32. The number of benzene rings is 1. The highest BCUT2D eigenvalue weighted by atomic mass is 16.5. The molecule has 0 amide bonds. The van der Waals surface area contributed by atoms with E-state index >= 15 is 0 Å². The van der Waals surface area contributed by atoms with Crippen LogP contribution in [0.3, 0.4) is 0 Å². The van der Waals surface area contributed by atoms with Crippen molar-refractivity contribution in [2.75, 3.05) is 26.2 Å². The lowest BCUT2D eigenvalue weighted by Crippen LogP contribution is -2.48. The average Bonchev–Trinajstić information content (AvgIpc) is 2.30. The molecule has 17 heavy (non-hydrogen) atoms. The number of hydrogen-bond donors (Lipinski definition) is 1. The zero-order valence-corrected chi connectivity index (χ0v) is 10.6. The van der Waals surface area contributed by atoms with Crippen LogP contribution in [0, 0.1) is 0 Å². The monoisotopic (exact) mass is 235 g/mol. The van der Waals surface area contributed by atoms with Gasteiger partial charge in [-0.25, -0.2) is 0 Å². The Morgan fingerprint density at radius 2 is 2.06 bits per heavy atom. The van der Waals surface area contributed by atoms with Crippen LogP contribution in [-0.2, 0) is 10.3 Å². The van der Waals surface area contributed by atoms with Crippen LogP contribution in [-0.4, -0.2) is 36.2 Å². The van der Waals surface area contributed by atoms with Crippen molar-refractivity contribution in [3.05, 3.63) is 29.8 Å². The third-order valence-electron chi connectivity index (χ3n) is 3.37. The van der Waals surface area contributed by atoms with Gasteiger partial charge >= 0.3 is 0 Å². The molecule has 0 aromatic heterocycles. The molecule has 1 fully saturated rings. The lowest BCUT2D eigenvalue weighted by Gasteiger charge is -2.40. The van der Waals surface area contributed by atoms with E-state index in [4.69, 9.17) is 4.74 Å². The van der Waals surface area contributed by atoms with E-state index < -0.39 is 0 Å². The summed E-state index contributed by atoms with van der Waals surface area (Å²) >= 11 is 0. The quantitative estimate of drug-likeness (QED) is 0.873. The fourth-order valence-electron chi connectivity index (χ4n) is 2.45. The summed E-state index contributed by atoms with van der Waals surface area (Å²) in [4.78, 5) is 2.44. The first-order chi connectivity index (χ1) is 8.14. The van der Waals surface area contributed by atoms with Crippen molar-refractivity contribution in [1.29, 1.82) is 0 Å². The molecule has 94 valence electrons. The first-order valence-electron chi connectivity index (χ1n) is 6.30. The van der Waals surface area contributed by atoms with Crippen molar-refractivity contribution in [3.8, 4) is 5.75 Å². The normalized spacial score (nSPS) is 26.0. The van der Waals surface area contributed by atoms with Gasteiger partial charge in [0.05, 0.1) is 6.61 Å². The highest BCUT2D eigenvalue weighted by Gasteiger charge is 2.33. The minimum Gasteiger partial charge on any atom is -0.508 e. The molecule has 1 atom stereocenters. The van der Waals surface area contributed by atoms with Crippen LogP contribution >= 0.6 is 0 Å². The smallest absolute Gasteiger partial charge is 0.115 e. The minimum absolute atomic E-state index is 0.249. The van der Waals surface area contributed by atoms with Crippen LogP contribution in [0.25, 0.3) is 0 Å². The summed E-state index contributed by atoms with van der Waals surface area (Å²) in [6.45, 7) is 8.16. The number of phenolic OH excluding ortho intramolecular Hbond substituents is 1. The van der Waals surface area contributed by atoms with Gasteiger partial charge in [-0.05, 0) is 37.6 Å². The number of morpholine rings is 1. The summed E-state index contributed by atoms with van der Waals surface area (Å²) in [5, 5.41) is 9.32. The summed E-state index contributed by atoms with van der Waals surface area (Å²) in [5.41, 5.74) is 0.886. The fourth-order valence-corrected chi connectivity index (χ4v) is 2.45. The Kier molecular flexibility index (Phi) is 3.69. The molecule has 1 unspecified atom stereocenters. The third-order valence-corrected chi connectivity index (χ3v) is 3.37. The molecule has 1 heterocycles. The molecule has 0 radical (unpaired) electrons. The van der Waals surface area contributed by atoms with E-state index in [2.05, 4.69) is 18.7 Å². The van der Waals surface area contributed by atoms with E-state index in [1.54, 1.807) is 12.1 Å². The first kappa shape index (κ1) is 12.4. The molecular weight excluding hydrogens is 214 g/mol. The zero-order valence-electron chi connectivity index (χ0n) is 10.6. The Morgan fingerprint density at radius 3 is 2.71 bits per heavy atom. The molecule has 1 aromatic carbocycles. The van der Waals surface area contributed by atoms with Gasteiger partial charge in [-0.15, -0.1) is 0 Å². The van der Waals surface area contributed by atoms with Gasteiger partial charge in [0.25, 0.3) is 0 Å². The Balaban J connectivity index is 2.14. The predicted octanol–water partition coefficient (Wildman–Crippen LogP) is 2.35. The lowest BCUT2D eigenvalue weighted by atomic mass is 9.93. The van der Waals surface area contributed by atoms with E-state index in [0.717, 1.165) is 31.8 Å². The minimum atomic E-state index is -0.249. The number of ether oxygens (including phenoxy) is 1. The van der Waals surface area contributed by atoms with E-state index in [-0.39, 0.29) is 5.60 Å². The molecule has 1 aromatic rings. The van der Waals surface area contributed by atoms with Crippen LogP contribution < -0.4 is 0 Å². The number of aromatic hydroxyl groups is 1. The second-order valence-electron chi connectivity index (χ2n) is 4.90. The number of phenols is 1. The second kappa shape index (κ2) is 5.07. The van der Waals surface area contributed by atoms with Crippen LogP contribution in [0.4, 0.5) is 0 Å². The maximum absolute atomic E-state index is 9.32.